The molecule has 1 aliphatic heterocycles. The second-order valence-electron chi connectivity index (χ2n) is 9.17. The number of rotatable bonds is 10. The van der Waals surface area contributed by atoms with Gasteiger partial charge in [0, 0.05) is 24.9 Å². The number of ether oxygens (including phenoxy) is 2. The van der Waals surface area contributed by atoms with Crippen LogP contribution in [0, 0.1) is 23.7 Å². The van der Waals surface area contributed by atoms with Crippen molar-refractivity contribution >= 4 is 11.7 Å². The Bertz CT molecular complexity index is 475. The molecule has 0 aromatic carbocycles. The number of hydrogen-bond donors (Lipinski definition) is 0. The first-order chi connectivity index (χ1) is 13.4. The van der Waals surface area contributed by atoms with Crippen LogP contribution < -0.4 is 0 Å². The SMILES string of the molecule is CC(C)OCCOCCC(=O)N1CCC(C2CCC(C(=O)C(C)C)CC2)CC1. The lowest BCUT2D eigenvalue weighted by Crippen LogP contribution is -2.41. The van der Waals surface area contributed by atoms with Gasteiger partial charge < -0.3 is 14.4 Å². The van der Waals surface area contributed by atoms with Crippen LogP contribution in [0.5, 0.6) is 0 Å². The molecule has 0 N–H and O–H groups in total. The molecule has 5 heteroatoms. The van der Waals surface area contributed by atoms with Crippen LogP contribution in [-0.2, 0) is 19.1 Å². The Hall–Kier alpha value is -0.940. The summed E-state index contributed by atoms with van der Waals surface area (Å²) >= 11 is 0. The molecule has 1 saturated heterocycles. The van der Waals surface area contributed by atoms with E-state index in [1.807, 2.05) is 32.6 Å². The van der Waals surface area contributed by atoms with E-state index < -0.39 is 0 Å². The minimum atomic E-state index is 0.169. The number of hydrogen-bond acceptors (Lipinski definition) is 4. The van der Waals surface area contributed by atoms with Crippen molar-refractivity contribution in [3.63, 3.8) is 0 Å². The molecule has 0 radical (unpaired) electrons. The number of piperidine rings is 1. The number of ketones is 1. The van der Waals surface area contributed by atoms with E-state index in [1.165, 1.54) is 12.8 Å². The summed E-state index contributed by atoms with van der Waals surface area (Å²) in [6.07, 6.45) is 7.43. The van der Waals surface area contributed by atoms with Crippen LogP contribution in [-0.4, -0.2) is 55.6 Å². The van der Waals surface area contributed by atoms with Crippen LogP contribution in [0.25, 0.3) is 0 Å². The van der Waals surface area contributed by atoms with Gasteiger partial charge in [-0.05, 0) is 64.2 Å². The van der Waals surface area contributed by atoms with Gasteiger partial charge in [0.2, 0.25) is 5.91 Å². The molecule has 0 bridgehead atoms. The molecule has 1 heterocycles. The van der Waals surface area contributed by atoms with E-state index in [4.69, 9.17) is 9.47 Å². The Morgan fingerprint density at radius 1 is 0.857 bits per heavy atom. The van der Waals surface area contributed by atoms with Gasteiger partial charge >= 0.3 is 0 Å². The van der Waals surface area contributed by atoms with Gasteiger partial charge in [0.25, 0.3) is 0 Å². The molecule has 0 aromatic rings. The summed E-state index contributed by atoms with van der Waals surface area (Å²) in [7, 11) is 0. The molecule has 5 nitrogen and oxygen atoms in total. The topological polar surface area (TPSA) is 55.8 Å². The molecule has 1 aliphatic carbocycles. The molecular formula is C23H41NO4. The van der Waals surface area contributed by atoms with Crippen LogP contribution in [0.4, 0.5) is 0 Å². The van der Waals surface area contributed by atoms with Crippen LogP contribution in [0.3, 0.4) is 0 Å². The maximum Gasteiger partial charge on any atom is 0.224 e. The lowest BCUT2D eigenvalue weighted by Gasteiger charge is -2.39. The van der Waals surface area contributed by atoms with Crippen molar-refractivity contribution in [1.82, 2.24) is 4.90 Å². The van der Waals surface area contributed by atoms with Crippen molar-refractivity contribution < 1.29 is 19.1 Å². The molecule has 1 saturated carbocycles. The molecule has 0 unspecified atom stereocenters. The largest absolute Gasteiger partial charge is 0.379 e. The Morgan fingerprint density at radius 2 is 1.46 bits per heavy atom. The number of nitrogens with zero attached hydrogens (tertiary/aromatic N) is 1. The van der Waals surface area contributed by atoms with Crippen molar-refractivity contribution in [2.75, 3.05) is 32.9 Å². The zero-order chi connectivity index (χ0) is 20.5. The average molecular weight is 396 g/mol. The van der Waals surface area contributed by atoms with Crippen molar-refractivity contribution in [2.24, 2.45) is 23.7 Å². The van der Waals surface area contributed by atoms with Gasteiger partial charge in [-0.25, -0.2) is 0 Å². The van der Waals surface area contributed by atoms with E-state index >= 15 is 0 Å². The highest BCUT2D eigenvalue weighted by Gasteiger charge is 2.33. The number of carbonyl (C=O) groups excluding carboxylic acids is 2. The van der Waals surface area contributed by atoms with Crippen LogP contribution in [0.15, 0.2) is 0 Å². The fourth-order valence-corrected chi connectivity index (χ4v) is 4.73. The van der Waals surface area contributed by atoms with Gasteiger partial charge in [-0.3, -0.25) is 9.59 Å². The Labute approximate surface area is 171 Å². The zero-order valence-electron chi connectivity index (χ0n) is 18.5. The summed E-state index contributed by atoms with van der Waals surface area (Å²) < 4.78 is 10.9. The molecule has 0 spiro atoms. The van der Waals surface area contributed by atoms with E-state index in [2.05, 4.69) is 0 Å². The first kappa shape index (κ1) is 23.3. The number of carbonyl (C=O) groups is 2. The van der Waals surface area contributed by atoms with E-state index in [0.717, 1.165) is 50.6 Å². The standard InChI is InChI=1S/C23H41NO4/c1-17(2)23(26)21-7-5-19(6-8-21)20-9-12-24(13-10-20)22(25)11-14-27-15-16-28-18(3)4/h17-21H,5-16H2,1-4H3. The van der Waals surface area contributed by atoms with Gasteiger partial charge in [0.1, 0.15) is 5.78 Å². The first-order valence-corrected chi connectivity index (χ1v) is 11.4. The van der Waals surface area contributed by atoms with Crippen LogP contribution in [0.1, 0.15) is 72.6 Å². The highest BCUT2D eigenvalue weighted by molar-refractivity contribution is 5.82. The van der Waals surface area contributed by atoms with Gasteiger partial charge in [0.15, 0.2) is 0 Å². The van der Waals surface area contributed by atoms with Crippen molar-refractivity contribution in [1.29, 1.82) is 0 Å². The van der Waals surface area contributed by atoms with E-state index in [-0.39, 0.29) is 17.9 Å². The quantitative estimate of drug-likeness (QED) is 0.523. The van der Waals surface area contributed by atoms with Crippen molar-refractivity contribution in [3.05, 3.63) is 0 Å². The Morgan fingerprint density at radius 3 is 2.04 bits per heavy atom. The molecule has 28 heavy (non-hydrogen) atoms. The summed E-state index contributed by atoms with van der Waals surface area (Å²) in [5, 5.41) is 0. The molecule has 162 valence electrons. The maximum absolute atomic E-state index is 12.4. The Kier molecular flexibility index (Phi) is 9.93. The van der Waals surface area contributed by atoms with Gasteiger partial charge in [-0.15, -0.1) is 0 Å². The van der Waals surface area contributed by atoms with Gasteiger partial charge in [0.05, 0.1) is 32.3 Å². The third kappa shape index (κ3) is 7.47. The normalized spacial score (nSPS) is 24.1. The molecular weight excluding hydrogens is 354 g/mol. The minimum Gasteiger partial charge on any atom is -0.379 e. The van der Waals surface area contributed by atoms with Crippen LogP contribution in [0.2, 0.25) is 0 Å². The molecule has 2 rings (SSSR count). The van der Waals surface area contributed by atoms with Crippen molar-refractivity contribution in [2.45, 2.75) is 78.7 Å². The summed E-state index contributed by atoms with van der Waals surface area (Å²) in [4.78, 5) is 26.6. The average Bonchev–Trinajstić information content (AvgIpc) is 2.69. The highest BCUT2D eigenvalue weighted by atomic mass is 16.5. The lowest BCUT2D eigenvalue weighted by atomic mass is 9.71. The third-order valence-corrected chi connectivity index (χ3v) is 6.44. The lowest BCUT2D eigenvalue weighted by molar-refractivity contribution is -0.134. The van der Waals surface area contributed by atoms with Crippen LogP contribution >= 0.6 is 0 Å². The second kappa shape index (κ2) is 11.9. The Balaban J connectivity index is 1.60. The first-order valence-electron chi connectivity index (χ1n) is 11.4. The number of Topliss-reactive ketones (excluding diaryl/α,β-unsaturated/α-hetero) is 1. The zero-order valence-corrected chi connectivity index (χ0v) is 18.5. The maximum atomic E-state index is 12.4. The van der Waals surface area contributed by atoms with Gasteiger partial charge in [-0.1, -0.05) is 13.8 Å². The molecule has 2 aliphatic rings. The van der Waals surface area contributed by atoms with E-state index in [0.29, 0.717) is 37.9 Å². The summed E-state index contributed by atoms with van der Waals surface area (Å²) in [5.41, 5.74) is 0. The molecule has 1 amide bonds. The molecule has 0 aromatic heterocycles. The summed E-state index contributed by atoms with van der Waals surface area (Å²) in [5.74, 6) is 2.61. The smallest absolute Gasteiger partial charge is 0.224 e. The summed E-state index contributed by atoms with van der Waals surface area (Å²) in [6, 6.07) is 0. The number of likely N-dealkylation sites (tertiary alicyclic amines) is 1. The fraction of sp³-hybridized carbons (Fsp3) is 0.913. The highest BCUT2D eigenvalue weighted by Crippen LogP contribution is 2.38. The third-order valence-electron chi connectivity index (χ3n) is 6.44. The van der Waals surface area contributed by atoms with E-state index in [9.17, 15) is 9.59 Å². The van der Waals surface area contributed by atoms with Crippen molar-refractivity contribution in [3.8, 4) is 0 Å². The predicted octanol–water partition coefficient (Wildman–Crippen LogP) is 4.09. The van der Waals surface area contributed by atoms with Gasteiger partial charge in [-0.2, -0.15) is 0 Å². The minimum absolute atomic E-state index is 0.169. The molecule has 2 fully saturated rings. The number of amides is 1. The monoisotopic (exact) mass is 395 g/mol. The molecule has 0 atom stereocenters. The summed E-state index contributed by atoms with van der Waals surface area (Å²) in [6.45, 7) is 11.4. The fourth-order valence-electron chi connectivity index (χ4n) is 4.73. The predicted molar refractivity (Wildman–Crippen MR) is 111 cm³/mol. The van der Waals surface area contributed by atoms with E-state index in [1.54, 1.807) is 0 Å². The second-order valence-corrected chi connectivity index (χ2v) is 9.17.